The molecule has 1 fully saturated rings. The minimum Gasteiger partial charge on any atom is -0.484 e. The van der Waals surface area contributed by atoms with Crippen molar-refractivity contribution in [3.63, 3.8) is 0 Å². The highest BCUT2D eigenvalue weighted by molar-refractivity contribution is 7.90. The number of nitrogens with zero attached hydrogens (tertiary/aromatic N) is 1. The highest BCUT2D eigenvalue weighted by atomic mass is 32.2. The molecule has 3 N–H and O–H groups in total. The standard InChI is InChI=1S/C12H17N3O3S2/c13-12(19)9-18-11-6-2-1-5-10(11)14-20(16,17)15-7-3-4-8-15/h1-2,5-6,14H,3-4,7-9H2,(H2,13,19). The lowest BCUT2D eigenvalue weighted by atomic mass is 10.3. The summed E-state index contributed by atoms with van der Waals surface area (Å²) in [5, 5.41) is 0. The molecule has 0 aliphatic carbocycles. The highest BCUT2D eigenvalue weighted by Crippen LogP contribution is 2.26. The number of thiocarbonyl (C=S) groups is 1. The first kappa shape index (κ1) is 15.0. The van der Waals surface area contributed by atoms with E-state index in [2.05, 4.69) is 4.72 Å². The molecule has 1 heterocycles. The first-order valence-corrected chi connectivity index (χ1v) is 8.12. The fourth-order valence-electron chi connectivity index (χ4n) is 1.96. The summed E-state index contributed by atoms with van der Waals surface area (Å²) >= 11 is 4.74. The third-order valence-electron chi connectivity index (χ3n) is 2.90. The minimum absolute atomic E-state index is 0.0673. The van der Waals surface area contributed by atoms with E-state index in [0.717, 1.165) is 12.8 Å². The van der Waals surface area contributed by atoms with Crippen LogP contribution in [0.15, 0.2) is 24.3 Å². The van der Waals surface area contributed by atoms with Crippen molar-refractivity contribution in [2.75, 3.05) is 24.4 Å². The van der Waals surface area contributed by atoms with Crippen LogP contribution in [0.4, 0.5) is 5.69 Å². The smallest absolute Gasteiger partial charge is 0.301 e. The van der Waals surface area contributed by atoms with Crippen molar-refractivity contribution in [3.8, 4) is 5.75 Å². The van der Waals surface area contributed by atoms with E-state index in [1.807, 2.05) is 0 Å². The van der Waals surface area contributed by atoms with Gasteiger partial charge in [0.15, 0.2) is 0 Å². The Labute approximate surface area is 124 Å². The summed E-state index contributed by atoms with van der Waals surface area (Å²) in [6, 6.07) is 6.79. The average molecular weight is 315 g/mol. The number of anilines is 1. The van der Waals surface area contributed by atoms with Crippen molar-refractivity contribution in [2.45, 2.75) is 12.8 Å². The Kier molecular flexibility index (Phi) is 4.79. The molecule has 2 rings (SSSR count). The zero-order valence-electron chi connectivity index (χ0n) is 10.9. The van der Waals surface area contributed by atoms with Crippen LogP contribution in [0.5, 0.6) is 5.75 Å². The predicted molar refractivity (Wildman–Crippen MR) is 82.1 cm³/mol. The number of nitrogens with two attached hydrogens (primary N) is 1. The molecule has 0 radical (unpaired) electrons. The van der Waals surface area contributed by atoms with Crippen LogP contribution in [-0.4, -0.2) is 37.4 Å². The SMILES string of the molecule is NC(=S)COc1ccccc1NS(=O)(=O)N1CCCC1. The molecule has 0 saturated carbocycles. The summed E-state index contributed by atoms with van der Waals surface area (Å²) in [4.78, 5) is 0.210. The molecule has 6 nitrogen and oxygen atoms in total. The Bertz CT molecular complexity index is 583. The van der Waals surface area contributed by atoms with Gasteiger partial charge in [0.2, 0.25) is 0 Å². The van der Waals surface area contributed by atoms with Gasteiger partial charge in [0.1, 0.15) is 17.3 Å². The lowest BCUT2D eigenvalue weighted by Gasteiger charge is -2.18. The molecular formula is C12H17N3O3S2. The van der Waals surface area contributed by atoms with E-state index < -0.39 is 10.2 Å². The second-order valence-electron chi connectivity index (χ2n) is 4.46. The van der Waals surface area contributed by atoms with Gasteiger partial charge in [-0.3, -0.25) is 4.72 Å². The molecule has 1 aliphatic heterocycles. The first-order valence-electron chi connectivity index (χ1n) is 6.27. The van der Waals surface area contributed by atoms with E-state index in [4.69, 9.17) is 22.7 Å². The molecule has 20 heavy (non-hydrogen) atoms. The van der Waals surface area contributed by atoms with Gasteiger partial charge in [0.25, 0.3) is 0 Å². The normalized spacial score (nSPS) is 16.0. The quantitative estimate of drug-likeness (QED) is 0.768. The monoisotopic (exact) mass is 315 g/mol. The second kappa shape index (κ2) is 6.38. The van der Waals surface area contributed by atoms with Gasteiger partial charge in [0, 0.05) is 13.1 Å². The van der Waals surface area contributed by atoms with Crippen LogP contribution in [0.1, 0.15) is 12.8 Å². The Morgan fingerprint density at radius 1 is 1.35 bits per heavy atom. The maximum Gasteiger partial charge on any atom is 0.301 e. The minimum atomic E-state index is -3.53. The number of ether oxygens (including phenoxy) is 1. The molecule has 1 aromatic rings. The topological polar surface area (TPSA) is 84.7 Å². The summed E-state index contributed by atoms with van der Waals surface area (Å²) in [6.07, 6.45) is 1.78. The molecule has 0 amide bonds. The average Bonchev–Trinajstić information content (AvgIpc) is 2.92. The van der Waals surface area contributed by atoms with Crippen molar-refractivity contribution in [1.29, 1.82) is 0 Å². The summed E-state index contributed by atoms with van der Waals surface area (Å²) in [7, 11) is -3.53. The number of nitrogens with one attached hydrogen (secondary N) is 1. The lowest BCUT2D eigenvalue weighted by Crippen LogP contribution is -2.33. The first-order chi connectivity index (χ1) is 9.49. The highest BCUT2D eigenvalue weighted by Gasteiger charge is 2.25. The van der Waals surface area contributed by atoms with Crippen molar-refractivity contribution >= 4 is 33.1 Å². The molecule has 1 aliphatic rings. The van der Waals surface area contributed by atoms with Gasteiger partial charge in [-0.2, -0.15) is 12.7 Å². The lowest BCUT2D eigenvalue weighted by molar-refractivity contribution is 0.379. The van der Waals surface area contributed by atoms with Gasteiger partial charge in [-0.05, 0) is 25.0 Å². The number of rotatable bonds is 6. The van der Waals surface area contributed by atoms with E-state index in [-0.39, 0.29) is 11.6 Å². The molecule has 0 bridgehead atoms. The van der Waals surface area contributed by atoms with E-state index in [9.17, 15) is 8.42 Å². The summed E-state index contributed by atoms with van der Waals surface area (Å²) in [5.41, 5.74) is 5.76. The van der Waals surface area contributed by atoms with Crippen molar-refractivity contribution in [1.82, 2.24) is 4.31 Å². The number of para-hydroxylation sites is 2. The van der Waals surface area contributed by atoms with Gasteiger partial charge >= 0.3 is 10.2 Å². The van der Waals surface area contributed by atoms with E-state index in [1.54, 1.807) is 24.3 Å². The third kappa shape index (κ3) is 3.81. The molecular weight excluding hydrogens is 298 g/mol. The van der Waals surface area contributed by atoms with Gasteiger partial charge < -0.3 is 10.5 Å². The molecule has 110 valence electrons. The molecule has 0 atom stereocenters. The zero-order chi connectivity index (χ0) is 14.6. The number of hydrogen-bond donors (Lipinski definition) is 2. The van der Waals surface area contributed by atoms with E-state index in [0.29, 0.717) is 24.5 Å². The van der Waals surface area contributed by atoms with Crippen molar-refractivity contribution in [3.05, 3.63) is 24.3 Å². The Morgan fingerprint density at radius 2 is 2.00 bits per heavy atom. The van der Waals surface area contributed by atoms with Gasteiger partial charge in [-0.15, -0.1) is 0 Å². The molecule has 0 spiro atoms. The van der Waals surface area contributed by atoms with E-state index >= 15 is 0 Å². The maximum absolute atomic E-state index is 12.2. The predicted octanol–water partition coefficient (Wildman–Crippen LogP) is 1.10. The van der Waals surface area contributed by atoms with Crippen molar-refractivity contribution < 1.29 is 13.2 Å². The second-order valence-corrected chi connectivity index (χ2v) is 6.66. The van der Waals surface area contributed by atoms with Gasteiger partial charge in [0.05, 0.1) is 5.69 Å². The summed E-state index contributed by atoms with van der Waals surface area (Å²) in [6.45, 7) is 1.16. The van der Waals surface area contributed by atoms with Crippen LogP contribution >= 0.6 is 12.2 Å². The number of benzene rings is 1. The molecule has 1 saturated heterocycles. The van der Waals surface area contributed by atoms with Crippen LogP contribution in [0.2, 0.25) is 0 Å². The molecule has 0 aromatic heterocycles. The molecule has 0 unspecified atom stereocenters. The maximum atomic E-state index is 12.2. The number of hydrogen-bond acceptors (Lipinski definition) is 4. The Morgan fingerprint density at radius 3 is 2.65 bits per heavy atom. The molecule has 8 heteroatoms. The van der Waals surface area contributed by atoms with Gasteiger partial charge in [-0.1, -0.05) is 24.4 Å². The summed E-state index contributed by atoms with van der Waals surface area (Å²) in [5.74, 6) is 0.406. The Balaban J connectivity index is 2.14. The third-order valence-corrected chi connectivity index (χ3v) is 4.54. The van der Waals surface area contributed by atoms with Crippen molar-refractivity contribution in [2.24, 2.45) is 5.73 Å². The van der Waals surface area contributed by atoms with Crippen LogP contribution < -0.4 is 15.2 Å². The molecule has 1 aromatic carbocycles. The summed E-state index contributed by atoms with van der Waals surface area (Å²) < 4.78 is 33.8. The van der Waals surface area contributed by atoms with Crippen LogP contribution in [0, 0.1) is 0 Å². The van der Waals surface area contributed by atoms with Gasteiger partial charge in [-0.25, -0.2) is 0 Å². The fraction of sp³-hybridized carbons (Fsp3) is 0.417. The van der Waals surface area contributed by atoms with Crippen LogP contribution in [0.3, 0.4) is 0 Å². The van der Waals surface area contributed by atoms with Crippen LogP contribution in [-0.2, 0) is 10.2 Å². The largest absolute Gasteiger partial charge is 0.484 e. The van der Waals surface area contributed by atoms with E-state index in [1.165, 1.54) is 4.31 Å². The fourth-order valence-corrected chi connectivity index (χ4v) is 3.33. The van der Waals surface area contributed by atoms with Crippen LogP contribution in [0.25, 0.3) is 0 Å². The zero-order valence-corrected chi connectivity index (χ0v) is 12.5. The Hall–Kier alpha value is -1.38.